The minimum Gasteiger partial charge on any atom is -0.314 e. The summed E-state index contributed by atoms with van der Waals surface area (Å²) in [4.78, 5) is 13.6. The zero-order valence-corrected chi connectivity index (χ0v) is 7.68. The molecule has 0 fully saturated rings. The molecule has 0 amide bonds. The van der Waals surface area contributed by atoms with E-state index in [0.29, 0.717) is 6.07 Å². The Balaban J connectivity index is 2.85. The molecule has 16 heavy (non-hydrogen) atoms. The molecule has 0 unspecified atom stereocenters. The minimum absolute atomic E-state index is 0.428. The van der Waals surface area contributed by atoms with Crippen LogP contribution < -0.4 is 0 Å². The first-order chi connectivity index (χ1) is 7.43. The van der Waals surface area contributed by atoms with E-state index in [1.807, 2.05) is 0 Å². The van der Waals surface area contributed by atoms with Crippen molar-refractivity contribution in [2.45, 2.75) is 6.42 Å². The lowest BCUT2D eigenvalue weighted by Crippen LogP contribution is -2.08. The van der Waals surface area contributed by atoms with E-state index >= 15 is 0 Å². The van der Waals surface area contributed by atoms with Crippen LogP contribution in [0.1, 0.15) is 5.56 Å². The largest absolute Gasteiger partial charge is 0.314 e. The van der Waals surface area contributed by atoms with E-state index in [2.05, 4.69) is 4.84 Å². The van der Waals surface area contributed by atoms with Crippen molar-refractivity contribution in [2.24, 2.45) is 0 Å². The summed E-state index contributed by atoms with van der Waals surface area (Å²) in [6, 6.07) is 0.428. The Bertz CT molecular complexity index is 424. The van der Waals surface area contributed by atoms with E-state index in [9.17, 15) is 27.7 Å². The van der Waals surface area contributed by atoms with Gasteiger partial charge in [-0.2, -0.15) is 0 Å². The monoisotopic (exact) mass is 239 g/mol. The van der Waals surface area contributed by atoms with Gasteiger partial charge in [-0.05, 0) is 18.1 Å². The van der Waals surface area contributed by atoms with E-state index in [1.165, 1.54) is 0 Å². The topological polar surface area (TPSA) is 52.4 Å². The van der Waals surface area contributed by atoms with Gasteiger partial charge in [-0.3, -0.25) is 0 Å². The number of benzene rings is 1. The van der Waals surface area contributed by atoms with Gasteiger partial charge in [0.1, 0.15) is 6.61 Å². The number of rotatable bonds is 4. The molecule has 0 aromatic heterocycles. The maximum Gasteiger partial charge on any atom is 0.294 e. The van der Waals surface area contributed by atoms with Crippen molar-refractivity contribution in [2.75, 3.05) is 6.61 Å². The van der Waals surface area contributed by atoms with Crippen LogP contribution in [-0.4, -0.2) is 11.7 Å². The Labute approximate surface area is 86.5 Å². The summed E-state index contributed by atoms with van der Waals surface area (Å²) >= 11 is 0. The second-order valence-electron chi connectivity index (χ2n) is 2.77. The molecule has 1 rings (SSSR count). The molecular formula is C8H5F4NO3. The molecule has 0 spiro atoms. The first-order valence-corrected chi connectivity index (χ1v) is 4.02. The van der Waals surface area contributed by atoms with Crippen LogP contribution in [-0.2, 0) is 11.3 Å². The van der Waals surface area contributed by atoms with Gasteiger partial charge in [-0.1, -0.05) is 0 Å². The standard InChI is InChI=1S/C8H5F4NO3/c9-5-3-4(1-2-16-13(14)15)6(10)8(12)7(5)11/h3H,1-2H2. The van der Waals surface area contributed by atoms with E-state index < -0.39 is 46.9 Å². The average molecular weight is 239 g/mol. The molecule has 0 saturated heterocycles. The molecule has 0 aliphatic carbocycles. The van der Waals surface area contributed by atoms with E-state index in [-0.39, 0.29) is 0 Å². The molecule has 0 N–H and O–H groups in total. The maximum atomic E-state index is 13.0. The highest BCUT2D eigenvalue weighted by atomic mass is 19.2. The quantitative estimate of drug-likeness (QED) is 0.265. The Kier molecular flexibility index (Phi) is 3.64. The fourth-order valence-electron chi connectivity index (χ4n) is 1.03. The summed E-state index contributed by atoms with van der Waals surface area (Å²) in [5.74, 6) is -7.01. The van der Waals surface area contributed by atoms with Crippen molar-refractivity contribution in [3.05, 3.63) is 45.0 Å². The molecular weight excluding hydrogens is 234 g/mol. The van der Waals surface area contributed by atoms with Gasteiger partial charge < -0.3 is 4.84 Å². The Hall–Kier alpha value is -1.86. The van der Waals surface area contributed by atoms with Gasteiger partial charge in [0.05, 0.1) is 0 Å². The van der Waals surface area contributed by atoms with Gasteiger partial charge in [0.15, 0.2) is 23.3 Å². The fraction of sp³-hybridized carbons (Fsp3) is 0.250. The first kappa shape index (κ1) is 12.2. The van der Waals surface area contributed by atoms with Crippen molar-refractivity contribution < 1.29 is 27.5 Å². The van der Waals surface area contributed by atoms with Crippen LogP contribution in [0.5, 0.6) is 0 Å². The molecule has 1 aromatic carbocycles. The highest BCUT2D eigenvalue weighted by Crippen LogP contribution is 2.19. The van der Waals surface area contributed by atoms with Gasteiger partial charge in [0, 0.05) is 0 Å². The average Bonchev–Trinajstić information content (AvgIpc) is 2.22. The van der Waals surface area contributed by atoms with Crippen LogP contribution in [0.25, 0.3) is 0 Å². The highest BCUT2D eigenvalue weighted by molar-refractivity contribution is 5.21. The van der Waals surface area contributed by atoms with Gasteiger partial charge in [-0.15, -0.1) is 10.1 Å². The molecule has 1 aromatic rings. The number of hydrogen-bond acceptors (Lipinski definition) is 3. The fourth-order valence-corrected chi connectivity index (χ4v) is 1.03. The number of nitrogens with zero attached hydrogens (tertiary/aromatic N) is 1. The highest BCUT2D eigenvalue weighted by Gasteiger charge is 2.18. The van der Waals surface area contributed by atoms with Crippen molar-refractivity contribution in [3.8, 4) is 0 Å². The van der Waals surface area contributed by atoms with E-state index in [0.717, 1.165) is 0 Å². The summed E-state index contributed by atoms with van der Waals surface area (Å²) in [6.45, 7) is -0.575. The van der Waals surface area contributed by atoms with E-state index in [1.54, 1.807) is 0 Å². The Morgan fingerprint density at radius 3 is 2.38 bits per heavy atom. The molecule has 0 aliphatic heterocycles. The van der Waals surface area contributed by atoms with Crippen LogP contribution in [0.2, 0.25) is 0 Å². The summed E-state index contributed by atoms with van der Waals surface area (Å²) in [5.41, 5.74) is -0.529. The van der Waals surface area contributed by atoms with Crippen LogP contribution in [0.15, 0.2) is 6.07 Å². The third kappa shape index (κ3) is 2.59. The second-order valence-corrected chi connectivity index (χ2v) is 2.77. The predicted octanol–water partition coefficient (Wildman–Crippen LogP) is 1.99. The van der Waals surface area contributed by atoms with Crippen molar-refractivity contribution in [1.82, 2.24) is 0 Å². The summed E-state index contributed by atoms with van der Waals surface area (Å²) < 4.78 is 50.8. The van der Waals surface area contributed by atoms with Crippen molar-refractivity contribution >= 4 is 0 Å². The first-order valence-electron chi connectivity index (χ1n) is 4.02. The normalized spacial score (nSPS) is 10.2. The van der Waals surface area contributed by atoms with Gasteiger partial charge in [-0.25, -0.2) is 17.6 Å². The van der Waals surface area contributed by atoms with Crippen LogP contribution >= 0.6 is 0 Å². The molecule has 0 radical (unpaired) electrons. The minimum atomic E-state index is -1.95. The Morgan fingerprint density at radius 1 is 1.19 bits per heavy atom. The molecule has 0 saturated carbocycles. The van der Waals surface area contributed by atoms with E-state index in [4.69, 9.17) is 0 Å². The summed E-state index contributed by atoms with van der Waals surface area (Å²) in [6.07, 6.45) is -0.444. The third-order valence-electron chi connectivity index (χ3n) is 1.75. The van der Waals surface area contributed by atoms with Crippen LogP contribution in [0, 0.1) is 33.4 Å². The lowest BCUT2D eigenvalue weighted by atomic mass is 10.1. The summed E-state index contributed by atoms with van der Waals surface area (Å²) in [5, 5.41) is 8.61. The van der Waals surface area contributed by atoms with Crippen LogP contribution in [0.4, 0.5) is 17.6 Å². The molecule has 0 bridgehead atoms. The molecule has 4 nitrogen and oxygen atoms in total. The molecule has 0 atom stereocenters. The lowest BCUT2D eigenvalue weighted by molar-refractivity contribution is -0.757. The van der Waals surface area contributed by atoms with Gasteiger partial charge in [0.25, 0.3) is 5.09 Å². The van der Waals surface area contributed by atoms with Gasteiger partial charge in [0.2, 0.25) is 0 Å². The summed E-state index contributed by atoms with van der Waals surface area (Å²) in [7, 11) is 0. The zero-order valence-electron chi connectivity index (χ0n) is 7.68. The number of hydrogen-bond donors (Lipinski definition) is 0. The maximum absolute atomic E-state index is 13.0. The van der Waals surface area contributed by atoms with Crippen LogP contribution in [0.3, 0.4) is 0 Å². The number of halogens is 4. The van der Waals surface area contributed by atoms with Crippen molar-refractivity contribution in [3.63, 3.8) is 0 Å². The molecule has 88 valence electrons. The lowest BCUT2D eigenvalue weighted by Gasteiger charge is -2.04. The zero-order chi connectivity index (χ0) is 12.3. The predicted molar refractivity (Wildman–Crippen MR) is 42.9 cm³/mol. The smallest absolute Gasteiger partial charge is 0.294 e. The van der Waals surface area contributed by atoms with Crippen molar-refractivity contribution in [1.29, 1.82) is 0 Å². The SMILES string of the molecule is O=[N+]([O-])OCCc1cc(F)c(F)c(F)c1F. The molecule has 8 heteroatoms. The Morgan fingerprint density at radius 2 is 1.81 bits per heavy atom. The molecule has 0 aliphatic rings. The second kappa shape index (κ2) is 4.77. The third-order valence-corrected chi connectivity index (χ3v) is 1.75. The molecule has 0 heterocycles. The van der Waals surface area contributed by atoms with Gasteiger partial charge >= 0.3 is 0 Å².